The molecule has 3 rings (SSSR count). The van der Waals surface area contributed by atoms with Crippen LogP contribution in [0.15, 0.2) is 28.8 Å². The molecule has 1 aromatic heterocycles. The summed E-state index contributed by atoms with van der Waals surface area (Å²) in [5.74, 6) is 1.35. The van der Waals surface area contributed by atoms with E-state index < -0.39 is 0 Å². The van der Waals surface area contributed by atoms with Crippen molar-refractivity contribution in [2.24, 2.45) is 5.73 Å². The SMILES string of the molecule is Cc1ccccc1-c1noc(CN2CCC(N)CC2C)n1. The second-order valence-corrected chi connectivity index (χ2v) is 5.93. The van der Waals surface area contributed by atoms with E-state index in [1.165, 1.54) is 0 Å². The Bertz CT molecular complexity index is 610. The van der Waals surface area contributed by atoms with Gasteiger partial charge in [0, 0.05) is 24.2 Å². The van der Waals surface area contributed by atoms with Crippen LogP contribution >= 0.6 is 0 Å². The van der Waals surface area contributed by atoms with Gasteiger partial charge in [-0.05, 0) is 32.3 Å². The molecule has 5 nitrogen and oxygen atoms in total. The zero-order chi connectivity index (χ0) is 14.8. The van der Waals surface area contributed by atoms with Gasteiger partial charge in [0.1, 0.15) is 0 Å². The van der Waals surface area contributed by atoms with Gasteiger partial charge in [-0.2, -0.15) is 4.98 Å². The highest BCUT2D eigenvalue weighted by Crippen LogP contribution is 2.22. The molecular formula is C16H22N4O. The van der Waals surface area contributed by atoms with E-state index in [1.807, 2.05) is 18.2 Å². The number of aryl methyl sites for hydroxylation is 1. The molecule has 1 saturated heterocycles. The molecule has 5 heteroatoms. The fraction of sp³-hybridized carbons (Fsp3) is 0.500. The molecule has 1 aliphatic heterocycles. The van der Waals surface area contributed by atoms with Gasteiger partial charge in [0.25, 0.3) is 0 Å². The van der Waals surface area contributed by atoms with Gasteiger partial charge in [-0.15, -0.1) is 0 Å². The standard InChI is InChI=1S/C16H22N4O/c1-11-5-3-4-6-14(11)16-18-15(21-19-16)10-20-8-7-13(17)9-12(20)2/h3-6,12-13H,7-10,17H2,1-2H3. The van der Waals surface area contributed by atoms with Gasteiger partial charge in [0.15, 0.2) is 0 Å². The van der Waals surface area contributed by atoms with Gasteiger partial charge in [0.2, 0.25) is 11.7 Å². The molecule has 0 radical (unpaired) electrons. The first-order valence-electron chi connectivity index (χ1n) is 7.51. The van der Waals surface area contributed by atoms with E-state index >= 15 is 0 Å². The van der Waals surface area contributed by atoms with E-state index in [9.17, 15) is 0 Å². The summed E-state index contributed by atoms with van der Waals surface area (Å²) >= 11 is 0. The van der Waals surface area contributed by atoms with Crippen LogP contribution in [0.4, 0.5) is 0 Å². The van der Waals surface area contributed by atoms with Gasteiger partial charge < -0.3 is 10.3 Å². The van der Waals surface area contributed by atoms with Gasteiger partial charge in [-0.1, -0.05) is 29.4 Å². The first kappa shape index (κ1) is 14.2. The zero-order valence-corrected chi connectivity index (χ0v) is 12.6. The summed E-state index contributed by atoms with van der Waals surface area (Å²) in [5, 5.41) is 4.12. The maximum absolute atomic E-state index is 6.00. The summed E-state index contributed by atoms with van der Waals surface area (Å²) in [4.78, 5) is 6.90. The van der Waals surface area contributed by atoms with Crippen LogP contribution in [0.25, 0.3) is 11.4 Å². The molecule has 2 heterocycles. The minimum atomic E-state index is 0.321. The molecule has 1 aliphatic rings. The number of benzene rings is 1. The summed E-state index contributed by atoms with van der Waals surface area (Å²) in [7, 11) is 0. The van der Waals surface area contributed by atoms with Crippen LogP contribution in [0.1, 0.15) is 31.2 Å². The number of nitrogens with two attached hydrogens (primary N) is 1. The summed E-state index contributed by atoms with van der Waals surface area (Å²) in [6.45, 7) is 5.95. The second kappa shape index (κ2) is 5.95. The molecule has 112 valence electrons. The molecule has 0 aliphatic carbocycles. The Hall–Kier alpha value is -1.72. The average Bonchev–Trinajstić information content (AvgIpc) is 2.91. The molecule has 2 N–H and O–H groups in total. The molecule has 2 unspecified atom stereocenters. The molecule has 0 bridgehead atoms. The highest BCUT2D eigenvalue weighted by atomic mass is 16.5. The highest BCUT2D eigenvalue weighted by Gasteiger charge is 2.24. The maximum Gasteiger partial charge on any atom is 0.241 e. The number of nitrogens with zero attached hydrogens (tertiary/aromatic N) is 3. The lowest BCUT2D eigenvalue weighted by atomic mass is 9.99. The number of hydrogen-bond acceptors (Lipinski definition) is 5. The second-order valence-electron chi connectivity index (χ2n) is 5.93. The molecule has 0 saturated carbocycles. The lowest BCUT2D eigenvalue weighted by Gasteiger charge is -2.35. The van der Waals surface area contributed by atoms with Gasteiger partial charge in [-0.3, -0.25) is 4.90 Å². The van der Waals surface area contributed by atoms with Crippen LogP contribution in [0, 0.1) is 6.92 Å². The largest absolute Gasteiger partial charge is 0.338 e. The molecule has 0 amide bonds. The van der Waals surface area contributed by atoms with Crippen LogP contribution in [-0.4, -0.2) is 33.7 Å². The quantitative estimate of drug-likeness (QED) is 0.938. The Morgan fingerprint density at radius 1 is 1.38 bits per heavy atom. The third-order valence-corrected chi connectivity index (χ3v) is 4.25. The Labute approximate surface area is 125 Å². The van der Waals surface area contributed by atoms with Crippen molar-refractivity contribution in [3.8, 4) is 11.4 Å². The minimum absolute atomic E-state index is 0.321. The Balaban J connectivity index is 1.72. The van der Waals surface area contributed by atoms with Crippen molar-refractivity contribution >= 4 is 0 Å². The van der Waals surface area contributed by atoms with Crippen molar-refractivity contribution in [2.75, 3.05) is 6.54 Å². The molecule has 21 heavy (non-hydrogen) atoms. The van der Waals surface area contributed by atoms with Crippen molar-refractivity contribution in [3.05, 3.63) is 35.7 Å². The summed E-state index contributed by atoms with van der Waals surface area (Å²) < 4.78 is 5.42. The first-order chi connectivity index (χ1) is 10.1. The van der Waals surface area contributed by atoms with Crippen molar-refractivity contribution < 1.29 is 4.52 Å². The van der Waals surface area contributed by atoms with Crippen LogP contribution in [0.2, 0.25) is 0 Å². The first-order valence-corrected chi connectivity index (χ1v) is 7.51. The predicted octanol–water partition coefficient (Wildman–Crippen LogP) is 2.36. The summed E-state index contributed by atoms with van der Waals surface area (Å²) in [6.07, 6.45) is 2.06. The predicted molar refractivity (Wildman–Crippen MR) is 81.6 cm³/mol. The third-order valence-electron chi connectivity index (χ3n) is 4.25. The number of hydrogen-bond donors (Lipinski definition) is 1. The zero-order valence-electron chi connectivity index (χ0n) is 12.6. The fourth-order valence-corrected chi connectivity index (χ4v) is 2.92. The van der Waals surface area contributed by atoms with E-state index in [-0.39, 0.29) is 0 Å². The van der Waals surface area contributed by atoms with Gasteiger partial charge in [0.05, 0.1) is 6.54 Å². The number of piperidine rings is 1. The topological polar surface area (TPSA) is 68.2 Å². The van der Waals surface area contributed by atoms with E-state index in [1.54, 1.807) is 0 Å². The smallest absolute Gasteiger partial charge is 0.241 e. The van der Waals surface area contributed by atoms with Crippen molar-refractivity contribution in [2.45, 2.75) is 45.3 Å². The van der Waals surface area contributed by atoms with Crippen molar-refractivity contribution in [1.29, 1.82) is 0 Å². The summed E-state index contributed by atoms with van der Waals surface area (Å²) in [6, 6.07) is 8.86. The monoisotopic (exact) mass is 286 g/mol. The van der Waals surface area contributed by atoms with E-state index in [0.29, 0.717) is 30.3 Å². The van der Waals surface area contributed by atoms with E-state index in [2.05, 4.69) is 35.0 Å². The van der Waals surface area contributed by atoms with Crippen LogP contribution < -0.4 is 5.73 Å². The molecule has 0 spiro atoms. The van der Waals surface area contributed by atoms with E-state index in [0.717, 1.165) is 30.5 Å². The van der Waals surface area contributed by atoms with Crippen LogP contribution in [0.5, 0.6) is 0 Å². The Morgan fingerprint density at radius 2 is 2.19 bits per heavy atom. The van der Waals surface area contributed by atoms with Crippen molar-refractivity contribution in [1.82, 2.24) is 15.0 Å². The molecule has 1 aromatic carbocycles. The number of likely N-dealkylation sites (tertiary alicyclic amines) is 1. The third kappa shape index (κ3) is 3.14. The highest BCUT2D eigenvalue weighted by molar-refractivity contribution is 5.58. The van der Waals surface area contributed by atoms with Crippen LogP contribution in [-0.2, 0) is 6.54 Å². The van der Waals surface area contributed by atoms with Gasteiger partial charge >= 0.3 is 0 Å². The molecule has 2 aromatic rings. The van der Waals surface area contributed by atoms with Crippen molar-refractivity contribution in [3.63, 3.8) is 0 Å². The lowest BCUT2D eigenvalue weighted by molar-refractivity contribution is 0.124. The van der Waals surface area contributed by atoms with E-state index in [4.69, 9.17) is 10.3 Å². The summed E-state index contributed by atoms with van der Waals surface area (Å²) in [5.41, 5.74) is 8.18. The number of rotatable bonds is 3. The minimum Gasteiger partial charge on any atom is -0.338 e. The lowest BCUT2D eigenvalue weighted by Crippen LogP contribution is -2.45. The number of aromatic nitrogens is 2. The normalized spacial score (nSPS) is 23.4. The molecule has 1 fully saturated rings. The molecule has 2 atom stereocenters. The Morgan fingerprint density at radius 3 is 2.95 bits per heavy atom. The van der Waals surface area contributed by atoms with Gasteiger partial charge in [-0.25, -0.2) is 0 Å². The Kier molecular flexibility index (Phi) is 4.03. The fourth-order valence-electron chi connectivity index (χ4n) is 2.92. The van der Waals surface area contributed by atoms with Crippen LogP contribution in [0.3, 0.4) is 0 Å². The average molecular weight is 286 g/mol. The maximum atomic E-state index is 6.00. The molecular weight excluding hydrogens is 264 g/mol.